The SMILES string of the molecule is CC(C)(C)OC(=O)NCC1(CNc2nonc2C(=N)Nc2ccc(F)c(Br)c2)CC1. The number of hydrogen-bond donors (Lipinski definition) is 4. The fourth-order valence-corrected chi connectivity index (χ4v) is 3.06. The summed E-state index contributed by atoms with van der Waals surface area (Å²) in [5.74, 6) is -0.126. The Hall–Kier alpha value is -2.69. The Kier molecular flexibility index (Phi) is 6.30. The molecule has 1 fully saturated rings. The van der Waals surface area contributed by atoms with Gasteiger partial charge in [-0.2, -0.15) is 0 Å². The Morgan fingerprint density at radius 1 is 1.33 bits per heavy atom. The second-order valence-electron chi connectivity index (χ2n) is 8.30. The minimum atomic E-state index is -0.548. The molecule has 1 aromatic carbocycles. The summed E-state index contributed by atoms with van der Waals surface area (Å²) >= 11 is 3.11. The number of carbonyl (C=O) groups excluding carboxylic acids is 1. The van der Waals surface area contributed by atoms with Crippen molar-refractivity contribution < 1.29 is 18.6 Å². The molecule has 11 heteroatoms. The molecule has 0 spiro atoms. The van der Waals surface area contributed by atoms with Crippen LogP contribution < -0.4 is 16.0 Å². The molecule has 9 nitrogen and oxygen atoms in total. The number of nitrogens with one attached hydrogen (secondary N) is 4. The predicted molar refractivity (Wildman–Crippen MR) is 113 cm³/mol. The summed E-state index contributed by atoms with van der Waals surface area (Å²) in [5, 5.41) is 24.6. The Morgan fingerprint density at radius 3 is 2.70 bits per heavy atom. The molecule has 30 heavy (non-hydrogen) atoms. The summed E-state index contributed by atoms with van der Waals surface area (Å²) in [4.78, 5) is 11.9. The van der Waals surface area contributed by atoms with Gasteiger partial charge in [0.25, 0.3) is 0 Å². The molecule has 0 aliphatic heterocycles. The number of alkyl carbamates (subject to hydrolysis) is 1. The van der Waals surface area contributed by atoms with E-state index in [0.29, 0.717) is 24.6 Å². The number of nitrogens with zero attached hydrogens (tertiary/aromatic N) is 2. The smallest absolute Gasteiger partial charge is 0.407 e. The highest BCUT2D eigenvalue weighted by Crippen LogP contribution is 2.45. The lowest BCUT2D eigenvalue weighted by atomic mass is 10.1. The van der Waals surface area contributed by atoms with E-state index in [2.05, 4.69) is 42.2 Å². The normalized spacial score (nSPS) is 14.7. The molecule has 162 valence electrons. The van der Waals surface area contributed by atoms with E-state index in [1.807, 2.05) is 20.8 Å². The van der Waals surface area contributed by atoms with Crippen molar-refractivity contribution in [1.82, 2.24) is 15.6 Å². The average Bonchev–Trinajstić information content (AvgIpc) is 3.26. The quantitative estimate of drug-likeness (QED) is 0.345. The van der Waals surface area contributed by atoms with Crippen LogP contribution in [0.1, 0.15) is 39.3 Å². The van der Waals surface area contributed by atoms with Gasteiger partial charge in [-0.1, -0.05) is 0 Å². The summed E-state index contributed by atoms with van der Waals surface area (Å²) in [6, 6.07) is 4.32. The highest BCUT2D eigenvalue weighted by atomic mass is 79.9. The number of amidine groups is 1. The van der Waals surface area contributed by atoms with E-state index in [-0.39, 0.29) is 21.4 Å². The van der Waals surface area contributed by atoms with Crippen molar-refractivity contribution in [3.63, 3.8) is 0 Å². The number of anilines is 2. The molecule has 2 aromatic rings. The van der Waals surface area contributed by atoms with Crippen LogP contribution in [0.4, 0.5) is 20.7 Å². The third-order valence-electron chi connectivity index (χ3n) is 4.51. The van der Waals surface area contributed by atoms with Crippen molar-refractivity contribution in [2.75, 3.05) is 23.7 Å². The molecule has 4 N–H and O–H groups in total. The van der Waals surface area contributed by atoms with Crippen molar-refractivity contribution in [3.8, 4) is 0 Å². The van der Waals surface area contributed by atoms with Gasteiger partial charge >= 0.3 is 6.09 Å². The lowest BCUT2D eigenvalue weighted by Gasteiger charge is -2.22. The maximum absolute atomic E-state index is 13.4. The van der Waals surface area contributed by atoms with Crippen molar-refractivity contribution in [3.05, 3.63) is 34.2 Å². The number of carbonyl (C=O) groups is 1. The minimum absolute atomic E-state index is 0.0472. The monoisotopic (exact) mass is 482 g/mol. The summed E-state index contributed by atoms with van der Waals surface area (Å²) in [7, 11) is 0. The number of hydrogen-bond acceptors (Lipinski definition) is 7. The zero-order valence-electron chi connectivity index (χ0n) is 16.9. The standard InChI is InChI=1S/C19H24BrFN6O3/c1-18(2,3)29-17(28)24-10-19(6-7-19)9-23-16-14(26-30-27-16)15(22)25-11-4-5-13(21)12(20)8-11/h4-5,8H,6-7,9-10H2,1-3H3,(H2,22,25)(H,23,27)(H,24,28). The summed E-state index contributed by atoms with van der Waals surface area (Å²) in [6.45, 7) is 6.43. The average molecular weight is 483 g/mol. The number of aromatic nitrogens is 2. The fourth-order valence-electron chi connectivity index (χ4n) is 2.68. The van der Waals surface area contributed by atoms with Crippen LogP contribution in [0.2, 0.25) is 0 Å². The maximum Gasteiger partial charge on any atom is 0.407 e. The van der Waals surface area contributed by atoms with Gasteiger partial charge in [0, 0.05) is 24.2 Å². The molecular weight excluding hydrogens is 459 g/mol. The lowest BCUT2D eigenvalue weighted by molar-refractivity contribution is 0.0517. The molecule has 0 bridgehead atoms. The van der Waals surface area contributed by atoms with Gasteiger partial charge in [0.15, 0.2) is 11.5 Å². The summed E-state index contributed by atoms with van der Waals surface area (Å²) < 4.78 is 23.7. The van der Waals surface area contributed by atoms with E-state index in [4.69, 9.17) is 14.8 Å². The number of rotatable bonds is 7. The van der Waals surface area contributed by atoms with E-state index in [0.717, 1.165) is 12.8 Å². The Balaban J connectivity index is 1.55. The molecule has 1 saturated carbocycles. The van der Waals surface area contributed by atoms with Crippen molar-refractivity contribution >= 4 is 39.4 Å². The van der Waals surface area contributed by atoms with E-state index in [1.54, 1.807) is 0 Å². The molecule has 1 heterocycles. The second-order valence-corrected chi connectivity index (χ2v) is 9.15. The molecule has 0 radical (unpaired) electrons. The van der Waals surface area contributed by atoms with Gasteiger partial charge in [-0.25, -0.2) is 13.8 Å². The van der Waals surface area contributed by atoms with Crippen molar-refractivity contribution in [2.24, 2.45) is 5.41 Å². The van der Waals surface area contributed by atoms with E-state index >= 15 is 0 Å². The Labute approximate surface area is 181 Å². The first-order valence-electron chi connectivity index (χ1n) is 9.41. The lowest BCUT2D eigenvalue weighted by Crippen LogP contribution is -2.37. The van der Waals surface area contributed by atoms with E-state index in [9.17, 15) is 9.18 Å². The summed E-state index contributed by atoms with van der Waals surface area (Å²) in [6.07, 6.45) is 1.43. The van der Waals surface area contributed by atoms with Gasteiger partial charge in [-0.05, 0) is 78.1 Å². The minimum Gasteiger partial charge on any atom is -0.444 e. The number of halogens is 2. The Morgan fingerprint density at radius 2 is 2.07 bits per heavy atom. The third kappa shape index (κ3) is 5.91. The molecule has 1 aromatic heterocycles. The Bertz CT molecular complexity index is 939. The van der Waals surface area contributed by atoms with Gasteiger partial charge in [-0.3, -0.25) is 5.41 Å². The van der Waals surface area contributed by atoms with Gasteiger partial charge in [0.1, 0.15) is 11.4 Å². The number of amides is 1. The van der Waals surface area contributed by atoms with Crippen LogP contribution in [0.25, 0.3) is 0 Å². The first kappa shape index (κ1) is 22.0. The molecule has 0 saturated heterocycles. The van der Waals surface area contributed by atoms with Crippen molar-refractivity contribution in [2.45, 2.75) is 39.2 Å². The zero-order chi connectivity index (χ0) is 21.9. The van der Waals surface area contributed by atoms with Gasteiger partial charge in [0.05, 0.1) is 4.47 Å². The van der Waals surface area contributed by atoms with Crippen LogP contribution in [0, 0.1) is 16.6 Å². The van der Waals surface area contributed by atoms with Crippen LogP contribution >= 0.6 is 15.9 Å². The number of ether oxygens (including phenoxy) is 1. The molecular formula is C19H24BrFN6O3. The predicted octanol–water partition coefficient (Wildman–Crippen LogP) is 4.13. The fraction of sp³-hybridized carbons (Fsp3) is 0.474. The van der Waals surface area contributed by atoms with Crippen LogP contribution in [0.15, 0.2) is 27.3 Å². The van der Waals surface area contributed by atoms with E-state index in [1.165, 1.54) is 18.2 Å². The number of benzene rings is 1. The molecule has 1 aliphatic carbocycles. The highest BCUT2D eigenvalue weighted by Gasteiger charge is 2.43. The topological polar surface area (TPSA) is 125 Å². The van der Waals surface area contributed by atoms with Gasteiger partial charge in [0.2, 0.25) is 5.82 Å². The third-order valence-corrected chi connectivity index (χ3v) is 5.12. The largest absolute Gasteiger partial charge is 0.444 e. The van der Waals surface area contributed by atoms with Crippen LogP contribution in [-0.4, -0.2) is 40.9 Å². The van der Waals surface area contributed by atoms with Crippen molar-refractivity contribution in [1.29, 1.82) is 5.41 Å². The molecule has 3 rings (SSSR count). The van der Waals surface area contributed by atoms with Crippen LogP contribution in [0.5, 0.6) is 0 Å². The van der Waals surface area contributed by atoms with Gasteiger partial charge in [-0.15, -0.1) is 0 Å². The highest BCUT2D eigenvalue weighted by molar-refractivity contribution is 9.10. The second kappa shape index (κ2) is 8.58. The molecule has 1 amide bonds. The summed E-state index contributed by atoms with van der Waals surface area (Å²) in [5.41, 5.74) is 0.0621. The molecule has 0 atom stereocenters. The first-order valence-corrected chi connectivity index (χ1v) is 10.2. The zero-order valence-corrected chi connectivity index (χ0v) is 18.5. The molecule has 0 unspecified atom stereocenters. The molecule has 1 aliphatic rings. The first-order chi connectivity index (χ1) is 14.1. The maximum atomic E-state index is 13.4. The van der Waals surface area contributed by atoms with Crippen LogP contribution in [0.3, 0.4) is 0 Å². The van der Waals surface area contributed by atoms with E-state index < -0.39 is 17.5 Å². The van der Waals surface area contributed by atoms with Crippen LogP contribution in [-0.2, 0) is 4.74 Å². The van der Waals surface area contributed by atoms with Gasteiger partial charge < -0.3 is 20.7 Å².